The predicted octanol–water partition coefficient (Wildman–Crippen LogP) is -1.77. The quantitative estimate of drug-likeness (QED) is 0.288. The molecule has 0 rings (SSSR count). The molecule has 0 saturated heterocycles. The van der Waals surface area contributed by atoms with Crippen molar-refractivity contribution >= 4 is 26.5 Å². The van der Waals surface area contributed by atoms with E-state index in [0.29, 0.717) is 6.54 Å². The summed E-state index contributed by atoms with van der Waals surface area (Å²) in [5.41, 5.74) is 9.94. The van der Waals surface area contributed by atoms with E-state index in [1.54, 1.807) is 4.92 Å². The summed E-state index contributed by atoms with van der Waals surface area (Å²) in [4.78, 5) is 5.38. The van der Waals surface area contributed by atoms with Crippen molar-refractivity contribution in [3.05, 3.63) is 0 Å². The number of nitrogens with two attached hydrogens (primary N) is 2. The van der Waals surface area contributed by atoms with Crippen molar-refractivity contribution < 1.29 is 0 Å². The van der Waals surface area contributed by atoms with Crippen molar-refractivity contribution in [1.29, 1.82) is 0 Å². The Kier molecular flexibility index (Phi) is 3.65. The van der Waals surface area contributed by atoms with Crippen LogP contribution in [0.2, 0.25) is 0 Å². The summed E-state index contributed by atoms with van der Waals surface area (Å²) < 4.78 is 0. The van der Waals surface area contributed by atoms with Crippen molar-refractivity contribution in [1.82, 2.24) is 0 Å². The first-order chi connectivity index (χ1) is 3.27. The van der Waals surface area contributed by atoms with E-state index >= 15 is 0 Å². The zero-order valence-electron chi connectivity index (χ0n) is 3.79. The molecule has 0 aliphatic heterocycles. The Morgan fingerprint density at radius 1 is 1.71 bits per heavy atom. The van der Waals surface area contributed by atoms with Crippen LogP contribution in [-0.4, -0.2) is 33.0 Å². The molecular formula is C3H7N3Se. The Labute approximate surface area is 50.1 Å². The molecule has 0 aromatic carbocycles. The molecule has 3 nitrogen and oxygen atoms in total. The van der Waals surface area contributed by atoms with Crippen LogP contribution in [0.1, 0.15) is 0 Å². The second-order valence-corrected chi connectivity index (χ2v) is 1.63. The molecule has 0 aromatic rings. The van der Waals surface area contributed by atoms with Gasteiger partial charge in [0.2, 0.25) is 0 Å². The van der Waals surface area contributed by atoms with Gasteiger partial charge in [-0.25, -0.2) is 0 Å². The molecule has 0 saturated carbocycles. The third-order valence-electron chi connectivity index (χ3n) is 0.348. The summed E-state index contributed by atoms with van der Waals surface area (Å²) in [6, 6.07) is 0. The average Bonchev–Trinajstić information content (AvgIpc) is 1.61. The third kappa shape index (κ3) is 5.66. The van der Waals surface area contributed by atoms with Gasteiger partial charge >= 0.3 is 49.5 Å². The molecule has 0 bridgehead atoms. The fraction of sp³-hybridized carbons (Fsp3) is 0.333. The number of guanidine groups is 1. The Morgan fingerprint density at radius 3 is 2.43 bits per heavy atom. The molecule has 0 atom stereocenters. The van der Waals surface area contributed by atoms with Crippen LogP contribution in [0.5, 0.6) is 0 Å². The third-order valence-corrected chi connectivity index (χ3v) is 0.661. The van der Waals surface area contributed by atoms with Gasteiger partial charge in [-0.2, -0.15) is 0 Å². The molecule has 0 aliphatic carbocycles. The zero-order valence-corrected chi connectivity index (χ0v) is 5.51. The van der Waals surface area contributed by atoms with Crippen LogP contribution in [0.4, 0.5) is 0 Å². The molecule has 0 heterocycles. The second-order valence-electron chi connectivity index (χ2n) is 0.932. The van der Waals surface area contributed by atoms with Crippen LogP contribution >= 0.6 is 0 Å². The Morgan fingerprint density at radius 2 is 2.29 bits per heavy atom. The van der Waals surface area contributed by atoms with Crippen molar-refractivity contribution in [3.63, 3.8) is 0 Å². The monoisotopic (exact) mass is 165 g/mol. The fourth-order valence-electron chi connectivity index (χ4n) is 0.143. The van der Waals surface area contributed by atoms with E-state index in [4.69, 9.17) is 11.5 Å². The van der Waals surface area contributed by atoms with E-state index in [0.717, 1.165) is 0 Å². The van der Waals surface area contributed by atoms with Crippen molar-refractivity contribution in [2.45, 2.75) is 0 Å². The molecule has 0 unspecified atom stereocenters. The Hall–Kier alpha value is -0.341. The van der Waals surface area contributed by atoms with Crippen molar-refractivity contribution in [2.24, 2.45) is 16.5 Å². The molecule has 0 aliphatic rings. The summed E-state index contributed by atoms with van der Waals surface area (Å²) >= 11 is 2.65. The number of hydrogen-bond donors (Lipinski definition) is 2. The summed E-state index contributed by atoms with van der Waals surface area (Å²) in [5, 5.41) is 0. The SMILES string of the molecule is NC(N)=NCC=[Se]. The van der Waals surface area contributed by atoms with Crippen molar-refractivity contribution in [3.8, 4) is 0 Å². The average molecular weight is 164 g/mol. The number of nitrogens with zero attached hydrogens (tertiary/aromatic N) is 1. The summed E-state index contributed by atoms with van der Waals surface area (Å²) in [6.07, 6.45) is 0. The molecule has 0 spiro atoms. The molecule has 4 heteroatoms. The molecule has 0 radical (unpaired) electrons. The van der Waals surface area contributed by atoms with Crippen LogP contribution in [0.3, 0.4) is 0 Å². The summed E-state index contributed by atoms with van der Waals surface area (Å²) in [5.74, 6) is 0.131. The van der Waals surface area contributed by atoms with Gasteiger partial charge in [0.1, 0.15) is 0 Å². The Balaban J connectivity index is 3.25. The van der Waals surface area contributed by atoms with Gasteiger partial charge in [-0.15, -0.1) is 0 Å². The van der Waals surface area contributed by atoms with Gasteiger partial charge in [-0.3, -0.25) is 0 Å². The molecule has 7 heavy (non-hydrogen) atoms. The molecule has 0 fully saturated rings. The topological polar surface area (TPSA) is 64.4 Å². The first-order valence-electron chi connectivity index (χ1n) is 1.76. The van der Waals surface area contributed by atoms with E-state index in [1.807, 2.05) is 0 Å². The van der Waals surface area contributed by atoms with Gasteiger partial charge in [0, 0.05) is 0 Å². The van der Waals surface area contributed by atoms with E-state index in [-0.39, 0.29) is 5.96 Å². The molecule has 40 valence electrons. The van der Waals surface area contributed by atoms with Gasteiger partial charge in [-0.05, 0) is 0 Å². The van der Waals surface area contributed by atoms with Gasteiger partial charge in [0.05, 0.1) is 0 Å². The molecule has 4 N–H and O–H groups in total. The maximum atomic E-state index is 4.97. The number of hydrogen-bond acceptors (Lipinski definition) is 1. The van der Waals surface area contributed by atoms with Crippen LogP contribution < -0.4 is 11.5 Å². The van der Waals surface area contributed by atoms with Gasteiger partial charge in [-0.1, -0.05) is 0 Å². The minimum atomic E-state index is 0.131. The first kappa shape index (κ1) is 6.66. The van der Waals surface area contributed by atoms with E-state index in [1.165, 1.54) is 0 Å². The van der Waals surface area contributed by atoms with E-state index in [2.05, 4.69) is 20.6 Å². The zero-order chi connectivity index (χ0) is 5.70. The van der Waals surface area contributed by atoms with E-state index in [9.17, 15) is 0 Å². The predicted molar refractivity (Wildman–Crippen MR) is 32.5 cm³/mol. The fourth-order valence-corrected chi connectivity index (χ4v) is 0.299. The van der Waals surface area contributed by atoms with Crippen molar-refractivity contribution in [2.75, 3.05) is 6.54 Å². The summed E-state index contributed by atoms with van der Waals surface area (Å²) in [6.45, 7) is 0.558. The Bertz CT molecular complexity index is 84.2. The number of aliphatic imine (C=N–C) groups is 1. The van der Waals surface area contributed by atoms with Crippen LogP contribution in [-0.2, 0) is 0 Å². The number of rotatable bonds is 2. The van der Waals surface area contributed by atoms with Gasteiger partial charge < -0.3 is 0 Å². The molecular weight excluding hydrogens is 157 g/mol. The van der Waals surface area contributed by atoms with Crippen LogP contribution in [0, 0.1) is 0 Å². The minimum absolute atomic E-state index is 0.131. The van der Waals surface area contributed by atoms with Crippen LogP contribution in [0.25, 0.3) is 0 Å². The standard InChI is InChI=1S/C3H7N3Se/c4-3(5)6-1-2-7/h2H,1H2,(H4,4,5,6). The van der Waals surface area contributed by atoms with Crippen LogP contribution in [0.15, 0.2) is 4.99 Å². The summed E-state index contributed by atoms with van der Waals surface area (Å²) in [7, 11) is 0. The van der Waals surface area contributed by atoms with E-state index < -0.39 is 0 Å². The molecule has 0 amide bonds. The normalized spacial score (nSPS) is 7.43. The van der Waals surface area contributed by atoms with Gasteiger partial charge in [0.15, 0.2) is 0 Å². The molecule has 0 aromatic heterocycles. The maximum absolute atomic E-state index is 4.97. The first-order valence-corrected chi connectivity index (χ1v) is 2.75. The van der Waals surface area contributed by atoms with Gasteiger partial charge in [0.25, 0.3) is 0 Å². The second kappa shape index (κ2) is 3.84.